The molecule has 2 nitrogen and oxygen atoms in total. The molecule has 2 atom stereocenters. The molecule has 2 unspecified atom stereocenters. The topological polar surface area (TPSA) is 15.3 Å². The summed E-state index contributed by atoms with van der Waals surface area (Å²) in [5, 5.41) is 3.51. The van der Waals surface area contributed by atoms with Crippen molar-refractivity contribution in [1.82, 2.24) is 10.2 Å². The predicted octanol–water partition coefficient (Wildman–Crippen LogP) is 3.80. The third-order valence-electron chi connectivity index (χ3n) is 4.69. The molecule has 1 N–H and O–H groups in total. The van der Waals surface area contributed by atoms with Crippen molar-refractivity contribution in [3.05, 3.63) is 35.4 Å². The monoisotopic (exact) mass is 274 g/mol. The molecule has 0 aliphatic carbocycles. The molecule has 0 radical (unpaired) electrons. The van der Waals surface area contributed by atoms with Gasteiger partial charge in [-0.25, -0.2) is 0 Å². The van der Waals surface area contributed by atoms with Crippen LogP contribution in [0.25, 0.3) is 0 Å². The van der Waals surface area contributed by atoms with Crippen LogP contribution in [-0.2, 0) is 0 Å². The second-order valence-corrected chi connectivity index (χ2v) is 6.65. The van der Waals surface area contributed by atoms with E-state index in [4.69, 9.17) is 0 Å². The van der Waals surface area contributed by atoms with Crippen molar-refractivity contribution >= 4 is 0 Å². The van der Waals surface area contributed by atoms with Crippen molar-refractivity contribution in [1.29, 1.82) is 0 Å². The summed E-state index contributed by atoms with van der Waals surface area (Å²) in [6, 6.07) is 9.67. The molecule has 1 saturated heterocycles. The fraction of sp³-hybridized carbons (Fsp3) is 0.667. The second kappa shape index (κ2) is 7.24. The van der Waals surface area contributed by atoms with E-state index < -0.39 is 0 Å². The van der Waals surface area contributed by atoms with Gasteiger partial charge in [-0.1, -0.05) is 38.1 Å². The molecule has 1 aliphatic heterocycles. The van der Waals surface area contributed by atoms with Gasteiger partial charge in [-0.15, -0.1) is 0 Å². The maximum Gasteiger partial charge on any atom is 0.0316 e. The minimum Gasteiger partial charge on any atom is -0.316 e. The first kappa shape index (κ1) is 15.5. The number of hydrogen-bond acceptors (Lipinski definition) is 2. The number of piperidine rings is 1. The Morgan fingerprint density at radius 3 is 2.35 bits per heavy atom. The summed E-state index contributed by atoms with van der Waals surface area (Å²) >= 11 is 0. The fourth-order valence-corrected chi connectivity index (χ4v) is 3.06. The molecule has 1 aliphatic rings. The molecule has 2 rings (SSSR count). The third-order valence-corrected chi connectivity index (χ3v) is 4.69. The number of benzene rings is 1. The van der Waals surface area contributed by atoms with E-state index in [1.807, 2.05) is 0 Å². The molecule has 0 saturated carbocycles. The maximum atomic E-state index is 3.51. The second-order valence-electron chi connectivity index (χ2n) is 6.65. The summed E-state index contributed by atoms with van der Waals surface area (Å²) in [5.41, 5.74) is 2.86. The van der Waals surface area contributed by atoms with Crippen LogP contribution in [0.2, 0.25) is 0 Å². The van der Waals surface area contributed by atoms with Gasteiger partial charge in [-0.2, -0.15) is 0 Å². The van der Waals surface area contributed by atoms with Gasteiger partial charge >= 0.3 is 0 Å². The largest absolute Gasteiger partial charge is 0.316 e. The molecule has 1 heterocycles. The summed E-state index contributed by atoms with van der Waals surface area (Å²) in [5.74, 6) is 1.43. The lowest BCUT2D eigenvalue weighted by atomic mass is 9.96. The van der Waals surface area contributed by atoms with Crippen LogP contribution < -0.4 is 5.32 Å². The first-order valence-electron chi connectivity index (χ1n) is 8.08. The Balaban J connectivity index is 1.93. The van der Waals surface area contributed by atoms with Crippen LogP contribution >= 0.6 is 0 Å². The maximum absolute atomic E-state index is 3.51. The molecular weight excluding hydrogens is 244 g/mol. The summed E-state index contributed by atoms with van der Waals surface area (Å²) in [6.07, 6.45) is 2.70. The van der Waals surface area contributed by atoms with Gasteiger partial charge in [0.2, 0.25) is 0 Å². The summed E-state index contributed by atoms with van der Waals surface area (Å²) in [4.78, 5) is 2.50. The number of rotatable bonds is 5. The van der Waals surface area contributed by atoms with Crippen molar-refractivity contribution < 1.29 is 0 Å². The highest BCUT2D eigenvalue weighted by molar-refractivity contribution is 5.26. The SMILES string of the molecule is CC(C)c1ccc(C(C)N(C)CC2CCCNC2)cc1. The van der Waals surface area contributed by atoms with E-state index in [1.165, 1.54) is 43.6 Å². The van der Waals surface area contributed by atoms with Crippen LogP contribution in [0.3, 0.4) is 0 Å². The number of nitrogens with one attached hydrogen (secondary N) is 1. The molecule has 0 spiro atoms. The average Bonchev–Trinajstić information content (AvgIpc) is 2.47. The first-order chi connectivity index (χ1) is 9.58. The molecule has 20 heavy (non-hydrogen) atoms. The van der Waals surface area contributed by atoms with Gasteiger partial charge in [0, 0.05) is 12.6 Å². The van der Waals surface area contributed by atoms with Gasteiger partial charge < -0.3 is 5.32 Å². The summed E-state index contributed by atoms with van der Waals surface area (Å²) in [7, 11) is 2.26. The molecule has 1 fully saturated rings. The Hall–Kier alpha value is -0.860. The van der Waals surface area contributed by atoms with Crippen molar-refractivity contribution in [3.8, 4) is 0 Å². The zero-order valence-corrected chi connectivity index (χ0v) is 13.5. The van der Waals surface area contributed by atoms with Crippen molar-refractivity contribution in [2.24, 2.45) is 5.92 Å². The Morgan fingerprint density at radius 1 is 1.15 bits per heavy atom. The Kier molecular flexibility index (Phi) is 5.62. The molecule has 112 valence electrons. The third kappa shape index (κ3) is 4.07. The minimum atomic E-state index is 0.498. The van der Waals surface area contributed by atoms with E-state index in [0.29, 0.717) is 12.0 Å². The highest BCUT2D eigenvalue weighted by atomic mass is 15.1. The van der Waals surface area contributed by atoms with Crippen LogP contribution in [0, 0.1) is 5.92 Å². The van der Waals surface area contributed by atoms with E-state index in [-0.39, 0.29) is 0 Å². The first-order valence-corrected chi connectivity index (χ1v) is 8.08. The summed E-state index contributed by atoms with van der Waals surface area (Å²) < 4.78 is 0. The Bertz CT molecular complexity index is 390. The molecule has 1 aromatic carbocycles. The van der Waals surface area contributed by atoms with Crippen LogP contribution in [0.15, 0.2) is 24.3 Å². The van der Waals surface area contributed by atoms with Crippen LogP contribution in [0.4, 0.5) is 0 Å². The van der Waals surface area contributed by atoms with Gasteiger partial charge in [0.1, 0.15) is 0 Å². The molecule has 0 aromatic heterocycles. The normalized spacial score (nSPS) is 21.4. The van der Waals surface area contributed by atoms with E-state index >= 15 is 0 Å². The summed E-state index contributed by atoms with van der Waals surface area (Å²) in [6.45, 7) is 10.4. The molecule has 2 heteroatoms. The van der Waals surface area contributed by atoms with Gasteiger partial charge in [0.25, 0.3) is 0 Å². The zero-order valence-electron chi connectivity index (χ0n) is 13.5. The van der Waals surface area contributed by atoms with Crippen molar-refractivity contribution in [3.63, 3.8) is 0 Å². The number of nitrogens with zero attached hydrogens (tertiary/aromatic N) is 1. The molecule has 0 bridgehead atoms. The lowest BCUT2D eigenvalue weighted by Crippen LogP contribution is -2.37. The van der Waals surface area contributed by atoms with Crippen LogP contribution in [0.1, 0.15) is 56.7 Å². The Morgan fingerprint density at radius 2 is 1.80 bits per heavy atom. The van der Waals surface area contributed by atoms with Crippen molar-refractivity contribution in [2.45, 2.75) is 45.6 Å². The highest BCUT2D eigenvalue weighted by Crippen LogP contribution is 2.23. The van der Waals surface area contributed by atoms with Crippen molar-refractivity contribution in [2.75, 3.05) is 26.7 Å². The number of hydrogen-bond donors (Lipinski definition) is 1. The lowest BCUT2D eigenvalue weighted by molar-refractivity contribution is 0.199. The standard InChI is InChI=1S/C18H30N2/c1-14(2)17-7-9-18(10-8-17)15(3)20(4)13-16-6-5-11-19-12-16/h7-10,14-16,19H,5-6,11-13H2,1-4H3. The fourth-order valence-electron chi connectivity index (χ4n) is 3.06. The van der Waals surface area contributed by atoms with Gasteiger partial charge in [0.15, 0.2) is 0 Å². The zero-order chi connectivity index (χ0) is 14.5. The highest BCUT2D eigenvalue weighted by Gasteiger charge is 2.18. The van der Waals surface area contributed by atoms with Gasteiger partial charge in [-0.05, 0) is 62.9 Å². The Labute approximate surface area is 124 Å². The van der Waals surface area contributed by atoms with E-state index in [0.717, 1.165) is 5.92 Å². The molecular formula is C18H30N2. The minimum absolute atomic E-state index is 0.498. The van der Waals surface area contributed by atoms with Crippen LogP contribution in [-0.4, -0.2) is 31.6 Å². The molecule has 1 aromatic rings. The lowest BCUT2D eigenvalue weighted by Gasteiger charge is -2.31. The smallest absolute Gasteiger partial charge is 0.0316 e. The predicted molar refractivity (Wildman–Crippen MR) is 87.2 cm³/mol. The molecule has 0 amide bonds. The van der Waals surface area contributed by atoms with E-state index in [2.05, 4.69) is 62.3 Å². The average molecular weight is 274 g/mol. The van der Waals surface area contributed by atoms with E-state index in [1.54, 1.807) is 0 Å². The van der Waals surface area contributed by atoms with Gasteiger partial charge in [0.05, 0.1) is 0 Å². The van der Waals surface area contributed by atoms with Crippen LogP contribution in [0.5, 0.6) is 0 Å². The van der Waals surface area contributed by atoms with E-state index in [9.17, 15) is 0 Å². The van der Waals surface area contributed by atoms with Gasteiger partial charge in [-0.3, -0.25) is 4.90 Å². The quantitative estimate of drug-likeness (QED) is 0.878.